The fourth-order valence-corrected chi connectivity index (χ4v) is 4.80. The van der Waals surface area contributed by atoms with E-state index in [0.29, 0.717) is 39.4 Å². The molecule has 9 N–H and O–H groups in total. The van der Waals surface area contributed by atoms with E-state index >= 15 is 0 Å². The number of aliphatic hydroxyl groups excluding tert-OH is 1. The van der Waals surface area contributed by atoms with Gasteiger partial charge in [0.15, 0.2) is 0 Å². The zero-order chi connectivity index (χ0) is 56.0. The van der Waals surface area contributed by atoms with E-state index < -0.39 is 52.9 Å². The molecular formula is C52H77N7O15. The minimum Gasteiger partial charge on any atom is -0.465 e. The van der Waals surface area contributed by atoms with E-state index in [1.165, 1.54) is 56.3 Å². The van der Waals surface area contributed by atoms with Gasteiger partial charge in [-0.05, 0) is 135 Å². The maximum Gasteiger partial charge on any atom is 0.414 e. The van der Waals surface area contributed by atoms with E-state index in [0.717, 1.165) is 7.11 Å². The predicted octanol–water partition coefficient (Wildman–Crippen LogP) is 9.83. The summed E-state index contributed by atoms with van der Waals surface area (Å²) in [5, 5.41) is 25.4. The third-order valence-electron chi connectivity index (χ3n) is 7.82. The molecule has 0 fully saturated rings. The third-order valence-corrected chi connectivity index (χ3v) is 7.82. The highest BCUT2D eigenvalue weighted by molar-refractivity contribution is 5.96. The first-order valence-electron chi connectivity index (χ1n) is 21.5. The van der Waals surface area contributed by atoms with Crippen molar-refractivity contribution in [3.63, 3.8) is 0 Å². The molecule has 0 heterocycles. The molecule has 4 rings (SSSR count). The summed E-state index contributed by atoms with van der Waals surface area (Å²) >= 11 is 0. The smallest absolute Gasteiger partial charge is 0.414 e. The lowest BCUT2D eigenvalue weighted by Gasteiger charge is -2.24. The van der Waals surface area contributed by atoms with E-state index in [-0.39, 0.29) is 25.1 Å². The molecule has 0 unspecified atom stereocenters. The largest absolute Gasteiger partial charge is 0.465 e. The van der Waals surface area contributed by atoms with Gasteiger partial charge in [-0.3, -0.25) is 25.1 Å². The molecule has 0 aliphatic rings. The molecule has 22 nitrogen and oxygen atoms in total. The second-order valence-electron chi connectivity index (χ2n) is 17.2. The van der Waals surface area contributed by atoms with Crippen LogP contribution in [0.15, 0.2) is 97.1 Å². The van der Waals surface area contributed by atoms with Gasteiger partial charge < -0.3 is 45.4 Å². The lowest BCUT2D eigenvalue weighted by molar-refractivity contribution is 0.0577. The summed E-state index contributed by atoms with van der Waals surface area (Å²) < 4.78 is 29.3. The van der Waals surface area contributed by atoms with Crippen LogP contribution in [0.5, 0.6) is 0 Å². The van der Waals surface area contributed by atoms with Crippen LogP contribution in [-0.4, -0.2) is 112 Å². The molecule has 0 bridgehead atoms. The van der Waals surface area contributed by atoms with Gasteiger partial charge in [0.05, 0.1) is 44.1 Å². The van der Waals surface area contributed by atoms with Crippen molar-refractivity contribution >= 4 is 64.8 Å². The maximum absolute atomic E-state index is 11.9. The highest BCUT2D eigenvalue weighted by atomic mass is 16.6. The monoisotopic (exact) mass is 1040 g/mol. The molecule has 0 atom stereocenters. The Balaban J connectivity index is -0.000000430. The number of ether oxygens (including phenoxy) is 6. The topological polar surface area (TPSA) is 331 Å². The Morgan fingerprint density at radius 2 is 0.892 bits per heavy atom. The number of aliphatic hydroxyl groups is 1. The lowest BCUT2D eigenvalue weighted by atomic mass is 10.2. The van der Waals surface area contributed by atoms with Crippen molar-refractivity contribution in [2.45, 2.75) is 93.5 Å². The highest BCUT2D eigenvalue weighted by Crippen LogP contribution is 2.20. The number of methoxy groups -OCH3 is 3. The zero-order valence-corrected chi connectivity index (χ0v) is 44.6. The minimum absolute atomic E-state index is 0. The Bertz CT molecular complexity index is 2330. The first kappa shape index (κ1) is 72.3. The van der Waals surface area contributed by atoms with Crippen LogP contribution in [0.3, 0.4) is 0 Å². The molecular weight excluding hydrogens is 963 g/mol. The van der Waals surface area contributed by atoms with Crippen molar-refractivity contribution in [2.24, 2.45) is 0 Å². The second kappa shape index (κ2) is 35.8. The second-order valence-corrected chi connectivity index (χ2v) is 17.2. The minimum atomic E-state index is -0.639. The third kappa shape index (κ3) is 30.5. The number of nitrogens with zero attached hydrogens (tertiary/aromatic N) is 3. The normalized spacial score (nSPS) is 9.69. The van der Waals surface area contributed by atoms with Gasteiger partial charge in [-0.2, -0.15) is 5.26 Å². The van der Waals surface area contributed by atoms with Crippen molar-refractivity contribution in [3.05, 3.63) is 119 Å². The van der Waals surface area contributed by atoms with Gasteiger partial charge in [0, 0.05) is 56.4 Å². The molecule has 22 heteroatoms. The summed E-state index contributed by atoms with van der Waals surface area (Å²) in [4.78, 5) is 82.8. The van der Waals surface area contributed by atoms with Crippen LogP contribution in [0.2, 0.25) is 0 Å². The molecule has 0 radical (unpaired) electrons. The van der Waals surface area contributed by atoms with Crippen LogP contribution in [0, 0.1) is 11.3 Å². The number of nitrogens with two attached hydrogens (primary N) is 1. The number of benzene rings is 4. The van der Waals surface area contributed by atoms with Gasteiger partial charge in [-0.1, -0.05) is 31.7 Å². The molecule has 4 aromatic carbocycles. The molecule has 4 aromatic rings. The molecule has 410 valence electrons. The Labute approximate surface area is 435 Å². The Morgan fingerprint density at radius 3 is 1.24 bits per heavy atom. The average Bonchev–Trinajstić information content (AvgIpc) is 3.32. The number of hydroxylamine groups is 1. The number of hydrogen-bond donors (Lipinski definition) is 6. The summed E-state index contributed by atoms with van der Waals surface area (Å²) in [5.41, 5.74) is 8.84. The number of carbonyl (C=O) groups excluding carboxylic acids is 7. The molecule has 0 saturated carbocycles. The predicted molar refractivity (Wildman–Crippen MR) is 284 cm³/mol. The number of anilines is 4. The van der Waals surface area contributed by atoms with E-state index in [4.69, 9.17) is 35.5 Å². The summed E-state index contributed by atoms with van der Waals surface area (Å²) in [6.07, 6.45) is -1.56. The van der Waals surface area contributed by atoms with Crippen molar-refractivity contribution < 1.29 is 72.3 Å². The lowest BCUT2D eigenvalue weighted by Crippen LogP contribution is -2.34. The van der Waals surface area contributed by atoms with Gasteiger partial charge in [0.1, 0.15) is 16.8 Å². The number of carbonyl (C=O) groups is 7. The number of esters is 3. The number of amides is 4. The van der Waals surface area contributed by atoms with Crippen molar-refractivity contribution in [1.82, 2.24) is 11.6 Å². The molecule has 0 spiro atoms. The SMILES string of the molecule is C.CC#N.CN(C(=O)OC(C)(C)C)c1cccc(C(=O)NO)c1.CO.COC(=O)c1cccc(N(C)C(=O)OC(C)(C)C)c1.COC(=O)c1cccc(N)c1.COC(=O)c1cccc(NC(=O)OC(C)(C)C)c1.N. The molecule has 0 saturated heterocycles. The Hall–Kier alpha value is -8.26. The molecule has 0 aliphatic carbocycles. The van der Waals surface area contributed by atoms with E-state index in [1.807, 2.05) is 0 Å². The van der Waals surface area contributed by atoms with Crippen molar-refractivity contribution in [1.29, 1.82) is 5.26 Å². The van der Waals surface area contributed by atoms with Crippen LogP contribution >= 0.6 is 0 Å². The molecule has 74 heavy (non-hydrogen) atoms. The summed E-state index contributed by atoms with van der Waals surface area (Å²) in [7, 11) is 8.09. The van der Waals surface area contributed by atoms with Crippen molar-refractivity contribution in [3.8, 4) is 6.07 Å². The van der Waals surface area contributed by atoms with Crippen LogP contribution in [0.1, 0.15) is 118 Å². The maximum atomic E-state index is 11.9. The molecule has 0 aliphatic heterocycles. The average molecular weight is 1040 g/mol. The van der Waals surface area contributed by atoms with Gasteiger partial charge in [0.2, 0.25) is 0 Å². The first-order valence-corrected chi connectivity index (χ1v) is 21.5. The van der Waals surface area contributed by atoms with Crippen LogP contribution in [0.25, 0.3) is 0 Å². The zero-order valence-electron chi connectivity index (χ0n) is 44.6. The van der Waals surface area contributed by atoms with Crippen LogP contribution in [0.4, 0.5) is 37.1 Å². The van der Waals surface area contributed by atoms with Gasteiger partial charge in [0.25, 0.3) is 5.91 Å². The summed E-state index contributed by atoms with van der Waals surface area (Å²) in [6, 6.07) is 27.7. The molecule has 0 aromatic heterocycles. The summed E-state index contributed by atoms with van der Waals surface area (Å²) in [6.45, 7) is 17.5. The molecule has 4 amide bonds. The van der Waals surface area contributed by atoms with E-state index in [2.05, 4.69) is 19.5 Å². The first-order chi connectivity index (χ1) is 33.4. The number of rotatable bonds is 7. The van der Waals surface area contributed by atoms with Gasteiger partial charge in [-0.25, -0.2) is 34.2 Å². The van der Waals surface area contributed by atoms with E-state index in [9.17, 15) is 33.6 Å². The van der Waals surface area contributed by atoms with Gasteiger partial charge in [-0.15, -0.1) is 0 Å². The Kier molecular flexibility index (Phi) is 34.9. The standard InChI is InChI=1S/C14H19NO4.C13H18N2O4.C13H17NO4.C8H9NO2.C2H3N.CH4O.CH4.H3N/c1-14(2,3)19-13(17)15(4)11-8-6-7-10(9-11)12(16)18-5;1-13(2,3)19-12(17)15(4)10-7-5-6-9(8-10)11(16)14-18;1-13(2,3)18-12(16)14-10-7-5-6-9(8-10)11(15)17-4;1-11-8(10)6-3-2-4-7(9)5-6;1-2-3;1-2;;/h6-9H,1-5H3;5-8,18H,1-4H3,(H,14,16);5-8H,1-4H3,(H,14,16);2-5H,9H2,1H3;1H3;2H,1H3;1H4;1H3. The van der Waals surface area contributed by atoms with Gasteiger partial charge >= 0.3 is 36.2 Å². The highest BCUT2D eigenvalue weighted by Gasteiger charge is 2.23. The Morgan fingerprint density at radius 1 is 0.568 bits per heavy atom. The quantitative estimate of drug-likeness (QED) is 0.0329. The number of nitrogen functional groups attached to an aromatic ring is 1. The fraction of sp³-hybridized carbons (Fsp3) is 0.385. The van der Waals surface area contributed by atoms with Crippen LogP contribution in [-0.2, 0) is 28.4 Å². The fourth-order valence-electron chi connectivity index (χ4n) is 4.80. The van der Waals surface area contributed by atoms with E-state index in [1.54, 1.807) is 167 Å². The summed E-state index contributed by atoms with van der Waals surface area (Å²) in [5.74, 6) is -1.90. The number of hydrogen-bond acceptors (Lipinski definition) is 18. The number of nitrogens with one attached hydrogen (secondary N) is 2. The van der Waals surface area contributed by atoms with Crippen molar-refractivity contribution in [2.75, 3.05) is 63.4 Å². The van der Waals surface area contributed by atoms with Crippen LogP contribution < -0.4 is 32.5 Å². The number of nitriles is 1.